The highest BCUT2D eigenvalue weighted by Crippen LogP contribution is 2.28. The van der Waals surface area contributed by atoms with Gasteiger partial charge in [-0.25, -0.2) is 0 Å². The number of hydrogen-bond acceptors (Lipinski definition) is 4. The van der Waals surface area contributed by atoms with Gasteiger partial charge in [-0.3, -0.25) is 9.89 Å². The molecule has 2 rings (SSSR count). The average molecular weight is 377 g/mol. The summed E-state index contributed by atoms with van der Waals surface area (Å²) in [5.41, 5.74) is 1.22. The van der Waals surface area contributed by atoms with Gasteiger partial charge in [-0.05, 0) is 50.8 Å². The van der Waals surface area contributed by atoms with Gasteiger partial charge in [0, 0.05) is 45.8 Å². The second-order valence-electron chi connectivity index (χ2n) is 7.40. The lowest BCUT2D eigenvalue weighted by Crippen LogP contribution is -2.45. The van der Waals surface area contributed by atoms with Gasteiger partial charge in [-0.1, -0.05) is 6.07 Å². The molecule has 0 amide bonds. The predicted molar refractivity (Wildman–Crippen MR) is 112 cm³/mol. The van der Waals surface area contributed by atoms with Crippen molar-refractivity contribution in [2.45, 2.75) is 45.2 Å². The Balaban J connectivity index is 1.81. The molecule has 27 heavy (non-hydrogen) atoms. The third-order valence-corrected chi connectivity index (χ3v) is 5.09. The van der Waals surface area contributed by atoms with Crippen LogP contribution in [-0.4, -0.2) is 75.8 Å². The van der Waals surface area contributed by atoms with Crippen LogP contribution in [0.3, 0.4) is 0 Å². The van der Waals surface area contributed by atoms with Crippen LogP contribution in [-0.2, 0) is 6.42 Å². The van der Waals surface area contributed by atoms with Gasteiger partial charge in [-0.15, -0.1) is 0 Å². The molecule has 0 atom stereocenters. The molecule has 152 valence electrons. The molecule has 1 saturated carbocycles. The maximum atomic E-state index is 5.39. The summed E-state index contributed by atoms with van der Waals surface area (Å²) in [7, 11) is 7.25. The molecule has 6 nitrogen and oxygen atoms in total. The molecule has 0 aliphatic heterocycles. The molecule has 0 heterocycles. The highest BCUT2D eigenvalue weighted by atomic mass is 16.5. The van der Waals surface area contributed by atoms with Gasteiger partial charge >= 0.3 is 0 Å². The van der Waals surface area contributed by atoms with Crippen LogP contribution in [0.5, 0.6) is 11.5 Å². The molecule has 0 bridgehead atoms. The van der Waals surface area contributed by atoms with Crippen molar-refractivity contribution < 1.29 is 9.47 Å². The number of nitrogens with zero attached hydrogens (tertiary/aromatic N) is 3. The van der Waals surface area contributed by atoms with Crippen LogP contribution in [0.4, 0.5) is 0 Å². The van der Waals surface area contributed by atoms with E-state index in [1.165, 1.54) is 18.4 Å². The molecule has 1 fully saturated rings. The van der Waals surface area contributed by atoms with E-state index in [2.05, 4.69) is 47.1 Å². The topological polar surface area (TPSA) is 49.3 Å². The summed E-state index contributed by atoms with van der Waals surface area (Å²) >= 11 is 0. The number of ether oxygens (including phenoxy) is 2. The van der Waals surface area contributed by atoms with Crippen LogP contribution in [0, 0.1) is 0 Å². The number of methoxy groups -OCH3 is 2. The van der Waals surface area contributed by atoms with Crippen molar-refractivity contribution in [3.63, 3.8) is 0 Å². The molecule has 0 radical (unpaired) electrons. The predicted octanol–water partition coefficient (Wildman–Crippen LogP) is 2.63. The zero-order valence-corrected chi connectivity index (χ0v) is 17.8. The second-order valence-corrected chi connectivity index (χ2v) is 7.40. The minimum Gasteiger partial charge on any atom is -0.493 e. The van der Waals surface area contributed by atoms with E-state index in [9.17, 15) is 0 Å². The number of nitrogens with one attached hydrogen (secondary N) is 1. The smallest absolute Gasteiger partial charge is 0.193 e. The molecule has 1 N–H and O–H groups in total. The zero-order valence-electron chi connectivity index (χ0n) is 17.8. The summed E-state index contributed by atoms with van der Waals surface area (Å²) in [5, 5.41) is 3.50. The molecule has 0 aromatic heterocycles. The Hall–Kier alpha value is -1.95. The van der Waals surface area contributed by atoms with Crippen molar-refractivity contribution in [3.8, 4) is 11.5 Å². The first-order valence-corrected chi connectivity index (χ1v) is 9.88. The third-order valence-electron chi connectivity index (χ3n) is 5.09. The van der Waals surface area contributed by atoms with Gasteiger partial charge in [-0.2, -0.15) is 0 Å². The summed E-state index contributed by atoms with van der Waals surface area (Å²) in [4.78, 5) is 9.19. The quantitative estimate of drug-likeness (QED) is 0.502. The minimum atomic E-state index is 0.601. The number of hydrogen-bond donors (Lipinski definition) is 1. The van der Waals surface area contributed by atoms with E-state index < -0.39 is 0 Å². The van der Waals surface area contributed by atoms with Crippen molar-refractivity contribution in [2.24, 2.45) is 4.99 Å². The zero-order chi connectivity index (χ0) is 19.8. The van der Waals surface area contributed by atoms with E-state index in [1.54, 1.807) is 14.2 Å². The first-order chi connectivity index (χ1) is 13.0. The van der Waals surface area contributed by atoms with Crippen LogP contribution >= 0.6 is 0 Å². The molecule has 0 unspecified atom stereocenters. The monoisotopic (exact) mass is 376 g/mol. The van der Waals surface area contributed by atoms with Crippen LogP contribution in [0.2, 0.25) is 0 Å². The fraction of sp³-hybridized carbons (Fsp3) is 0.667. The maximum absolute atomic E-state index is 5.39. The number of benzene rings is 1. The normalized spacial score (nSPS) is 14.6. The van der Waals surface area contributed by atoms with Gasteiger partial charge in [0.2, 0.25) is 0 Å². The molecule has 0 spiro atoms. The Morgan fingerprint density at radius 1 is 1.19 bits per heavy atom. The van der Waals surface area contributed by atoms with E-state index in [0.29, 0.717) is 6.04 Å². The molecule has 1 aliphatic carbocycles. The fourth-order valence-corrected chi connectivity index (χ4v) is 3.39. The first kappa shape index (κ1) is 21.4. The average Bonchev–Trinajstić information content (AvgIpc) is 3.50. The molecule has 0 saturated heterocycles. The van der Waals surface area contributed by atoms with E-state index in [4.69, 9.17) is 9.47 Å². The molecular formula is C21H36N4O2. The van der Waals surface area contributed by atoms with Gasteiger partial charge < -0.3 is 19.7 Å². The van der Waals surface area contributed by atoms with Crippen molar-refractivity contribution in [2.75, 3.05) is 47.9 Å². The summed E-state index contributed by atoms with van der Waals surface area (Å²) < 4.78 is 10.7. The van der Waals surface area contributed by atoms with Crippen molar-refractivity contribution in [1.29, 1.82) is 0 Å². The van der Waals surface area contributed by atoms with E-state index in [1.807, 2.05) is 19.2 Å². The molecule has 1 aromatic carbocycles. The van der Waals surface area contributed by atoms with Crippen molar-refractivity contribution >= 4 is 5.96 Å². The molecule has 6 heteroatoms. The SMILES string of the molecule is CN=C(NCCN(C(C)C)C1CC1)N(C)CCc1ccc(OC)c(OC)c1. The minimum absolute atomic E-state index is 0.601. The molecule has 1 aromatic rings. The van der Waals surface area contributed by atoms with Gasteiger partial charge in [0.15, 0.2) is 17.5 Å². The lowest BCUT2D eigenvalue weighted by molar-refractivity contribution is 0.214. The summed E-state index contributed by atoms with van der Waals surface area (Å²) in [5.74, 6) is 2.47. The second kappa shape index (κ2) is 10.4. The highest BCUT2D eigenvalue weighted by Gasteiger charge is 2.30. The molecule has 1 aliphatic rings. The van der Waals surface area contributed by atoms with Gasteiger partial charge in [0.1, 0.15) is 0 Å². The van der Waals surface area contributed by atoms with E-state index in [0.717, 1.165) is 49.6 Å². The number of aliphatic imine (C=N–C) groups is 1. The summed E-state index contributed by atoms with van der Waals surface area (Å²) in [6.07, 6.45) is 3.61. The number of guanidine groups is 1. The van der Waals surface area contributed by atoms with Crippen LogP contribution < -0.4 is 14.8 Å². The lowest BCUT2D eigenvalue weighted by atomic mass is 10.1. The van der Waals surface area contributed by atoms with Gasteiger partial charge in [0.05, 0.1) is 14.2 Å². The van der Waals surface area contributed by atoms with Crippen LogP contribution in [0.1, 0.15) is 32.3 Å². The number of likely N-dealkylation sites (N-methyl/N-ethyl adjacent to an activating group) is 1. The Bertz CT molecular complexity index is 612. The first-order valence-electron chi connectivity index (χ1n) is 9.88. The van der Waals surface area contributed by atoms with E-state index >= 15 is 0 Å². The molecular weight excluding hydrogens is 340 g/mol. The Labute approximate surface area is 164 Å². The van der Waals surface area contributed by atoms with Crippen molar-refractivity contribution in [3.05, 3.63) is 23.8 Å². The van der Waals surface area contributed by atoms with E-state index in [-0.39, 0.29) is 0 Å². The van der Waals surface area contributed by atoms with Crippen molar-refractivity contribution in [1.82, 2.24) is 15.1 Å². The number of rotatable bonds is 10. The standard InChI is InChI=1S/C21H36N4O2/c1-16(2)25(18-8-9-18)14-12-23-21(22-3)24(4)13-11-17-7-10-19(26-5)20(15-17)27-6/h7,10,15-16,18H,8-9,11-14H2,1-6H3,(H,22,23). The largest absolute Gasteiger partial charge is 0.493 e. The highest BCUT2D eigenvalue weighted by molar-refractivity contribution is 5.79. The lowest BCUT2D eigenvalue weighted by Gasteiger charge is -2.28. The third kappa shape index (κ3) is 6.31. The Kier molecular flexibility index (Phi) is 8.23. The Morgan fingerprint density at radius 3 is 2.44 bits per heavy atom. The Morgan fingerprint density at radius 2 is 1.89 bits per heavy atom. The van der Waals surface area contributed by atoms with Crippen LogP contribution in [0.25, 0.3) is 0 Å². The summed E-state index contributed by atoms with van der Waals surface area (Å²) in [6.45, 7) is 7.42. The van der Waals surface area contributed by atoms with Gasteiger partial charge in [0.25, 0.3) is 0 Å². The fourth-order valence-electron chi connectivity index (χ4n) is 3.39. The maximum Gasteiger partial charge on any atom is 0.193 e. The summed E-state index contributed by atoms with van der Waals surface area (Å²) in [6, 6.07) is 7.47. The van der Waals surface area contributed by atoms with Crippen LogP contribution in [0.15, 0.2) is 23.2 Å².